The average Bonchev–Trinajstić information content (AvgIpc) is 2.58. The first-order chi connectivity index (χ1) is 6.77. The van der Waals surface area contributed by atoms with Gasteiger partial charge in [-0.15, -0.1) is 0 Å². The maximum absolute atomic E-state index is 3.45. The Balaban J connectivity index is 2.03. The van der Waals surface area contributed by atoms with Crippen molar-refractivity contribution in [2.24, 2.45) is 0 Å². The summed E-state index contributed by atoms with van der Waals surface area (Å²) >= 11 is 0. The molecule has 0 saturated carbocycles. The van der Waals surface area contributed by atoms with Crippen LogP contribution in [0.5, 0.6) is 0 Å². The molecule has 1 aromatic rings. The van der Waals surface area contributed by atoms with Crippen molar-refractivity contribution in [3.63, 3.8) is 0 Å². The smallest absolute Gasteiger partial charge is 0.0684 e. The van der Waals surface area contributed by atoms with Crippen LogP contribution in [0.15, 0.2) is 24.3 Å². The summed E-state index contributed by atoms with van der Waals surface area (Å²) in [5.41, 5.74) is 2.89. The average molecular weight is 190 g/mol. The Morgan fingerprint density at radius 1 is 1.36 bits per heavy atom. The Labute approximate surface area is 85.9 Å². The summed E-state index contributed by atoms with van der Waals surface area (Å²) in [6.45, 7) is 6.48. The molecule has 1 aromatic carbocycles. The van der Waals surface area contributed by atoms with Crippen LogP contribution >= 0.6 is 0 Å². The van der Waals surface area contributed by atoms with Gasteiger partial charge in [0.1, 0.15) is 0 Å². The van der Waals surface area contributed by atoms with E-state index in [0.717, 1.165) is 13.2 Å². The first-order valence-electron chi connectivity index (χ1n) is 5.33. The topological polar surface area (TPSA) is 15.3 Å². The lowest BCUT2D eigenvalue weighted by Gasteiger charge is -2.21. The third-order valence-electron chi connectivity index (χ3n) is 2.67. The van der Waals surface area contributed by atoms with Gasteiger partial charge in [-0.25, -0.2) is 0 Å². The molecule has 2 rings (SSSR count). The number of hydrogen-bond donors (Lipinski definition) is 1. The van der Waals surface area contributed by atoms with E-state index in [9.17, 15) is 0 Å². The van der Waals surface area contributed by atoms with Gasteiger partial charge in [-0.05, 0) is 31.9 Å². The highest BCUT2D eigenvalue weighted by atomic mass is 15.2. The number of benzene rings is 1. The van der Waals surface area contributed by atoms with Crippen LogP contribution in [-0.4, -0.2) is 19.3 Å². The van der Waals surface area contributed by atoms with E-state index < -0.39 is 0 Å². The molecule has 2 heteroatoms. The third-order valence-corrected chi connectivity index (χ3v) is 2.67. The molecule has 1 heterocycles. The van der Waals surface area contributed by atoms with E-state index in [0.29, 0.717) is 6.04 Å². The normalized spacial score (nSPS) is 14.9. The third kappa shape index (κ3) is 1.90. The summed E-state index contributed by atoms with van der Waals surface area (Å²) in [4.78, 5) is 2.41. The lowest BCUT2D eigenvalue weighted by molar-refractivity contribution is 0.577. The fourth-order valence-electron chi connectivity index (χ4n) is 1.86. The van der Waals surface area contributed by atoms with E-state index in [1.807, 2.05) is 0 Å². The molecule has 76 valence electrons. The highest BCUT2D eigenvalue weighted by Gasteiger charge is 2.17. The molecule has 0 aromatic heterocycles. The number of para-hydroxylation sites is 1. The van der Waals surface area contributed by atoms with E-state index >= 15 is 0 Å². The molecule has 1 aliphatic heterocycles. The van der Waals surface area contributed by atoms with Crippen molar-refractivity contribution >= 4 is 5.69 Å². The van der Waals surface area contributed by atoms with E-state index in [-0.39, 0.29) is 0 Å². The second-order valence-corrected chi connectivity index (χ2v) is 4.16. The standard InChI is InChI=1S/C12H18N2/c1-10(2)13-9-14-8-7-11-5-3-4-6-12(11)14/h3-6,10,13H,7-9H2,1-2H3. The van der Waals surface area contributed by atoms with Crippen LogP contribution in [0, 0.1) is 0 Å². The number of hydrogen-bond acceptors (Lipinski definition) is 2. The summed E-state index contributed by atoms with van der Waals surface area (Å²) in [6.07, 6.45) is 1.19. The molecular formula is C12H18N2. The number of nitrogens with one attached hydrogen (secondary N) is 1. The van der Waals surface area contributed by atoms with Gasteiger partial charge in [0, 0.05) is 18.3 Å². The Bertz CT molecular complexity index is 307. The SMILES string of the molecule is CC(C)NCN1CCc2ccccc21. The molecule has 0 fully saturated rings. The summed E-state index contributed by atoms with van der Waals surface area (Å²) in [5, 5.41) is 3.45. The molecule has 1 N–H and O–H groups in total. The highest BCUT2D eigenvalue weighted by molar-refractivity contribution is 5.57. The molecule has 0 amide bonds. The van der Waals surface area contributed by atoms with E-state index in [2.05, 4.69) is 48.3 Å². The van der Waals surface area contributed by atoms with Gasteiger partial charge < -0.3 is 4.90 Å². The Morgan fingerprint density at radius 2 is 2.14 bits per heavy atom. The van der Waals surface area contributed by atoms with Crippen molar-refractivity contribution in [3.05, 3.63) is 29.8 Å². The second kappa shape index (κ2) is 4.01. The first-order valence-corrected chi connectivity index (χ1v) is 5.33. The molecule has 0 spiro atoms. The number of nitrogens with zero attached hydrogens (tertiary/aromatic N) is 1. The molecule has 14 heavy (non-hydrogen) atoms. The lowest BCUT2D eigenvalue weighted by atomic mass is 10.2. The van der Waals surface area contributed by atoms with Gasteiger partial charge in [0.25, 0.3) is 0 Å². The fraction of sp³-hybridized carbons (Fsp3) is 0.500. The van der Waals surface area contributed by atoms with Gasteiger partial charge >= 0.3 is 0 Å². The lowest BCUT2D eigenvalue weighted by Crippen LogP contribution is -2.36. The zero-order chi connectivity index (χ0) is 9.97. The minimum atomic E-state index is 0.558. The minimum absolute atomic E-state index is 0.558. The van der Waals surface area contributed by atoms with Crippen molar-refractivity contribution in [3.8, 4) is 0 Å². The molecule has 1 aliphatic rings. The molecule has 0 aliphatic carbocycles. The van der Waals surface area contributed by atoms with Crippen molar-refractivity contribution < 1.29 is 0 Å². The summed E-state index contributed by atoms with van der Waals surface area (Å²) in [7, 11) is 0. The quantitative estimate of drug-likeness (QED) is 0.784. The Kier molecular flexibility index (Phi) is 2.73. The zero-order valence-corrected chi connectivity index (χ0v) is 8.96. The number of anilines is 1. The van der Waals surface area contributed by atoms with Crippen molar-refractivity contribution in [1.82, 2.24) is 5.32 Å². The number of fused-ring (bicyclic) bond motifs is 1. The predicted molar refractivity (Wildman–Crippen MR) is 60.6 cm³/mol. The summed E-state index contributed by atoms with van der Waals surface area (Å²) in [6, 6.07) is 9.24. The van der Waals surface area contributed by atoms with Gasteiger partial charge in [-0.2, -0.15) is 0 Å². The van der Waals surface area contributed by atoms with Crippen LogP contribution in [0.1, 0.15) is 19.4 Å². The molecule has 0 bridgehead atoms. The largest absolute Gasteiger partial charge is 0.358 e. The molecule has 0 saturated heterocycles. The molecule has 0 atom stereocenters. The van der Waals surface area contributed by atoms with Gasteiger partial charge in [-0.3, -0.25) is 5.32 Å². The molecule has 0 radical (unpaired) electrons. The monoisotopic (exact) mass is 190 g/mol. The summed E-state index contributed by atoms with van der Waals surface area (Å²) < 4.78 is 0. The zero-order valence-electron chi connectivity index (χ0n) is 8.96. The maximum atomic E-state index is 3.45. The summed E-state index contributed by atoms with van der Waals surface area (Å²) in [5.74, 6) is 0. The van der Waals surface area contributed by atoms with E-state index in [1.165, 1.54) is 17.7 Å². The Morgan fingerprint density at radius 3 is 2.93 bits per heavy atom. The van der Waals surface area contributed by atoms with Crippen molar-refractivity contribution in [2.45, 2.75) is 26.3 Å². The van der Waals surface area contributed by atoms with Crippen molar-refractivity contribution in [2.75, 3.05) is 18.1 Å². The second-order valence-electron chi connectivity index (χ2n) is 4.16. The van der Waals surface area contributed by atoms with Gasteiger partial charge in [0.15, 0.2) is 0 Å². The van der Waals surface area contributed by atoms with Crippen LogP contribution in [0.4, 0.5) is 5.69 Å². The number of rotatable bonds is 3. The fourth-order valence-corrected chi connectivity index (χ4v) is 1.86. The predicted octanol–water partition coefficient (Wildman–Crippen LogP) is 2.00. The maximum Gasteiger partial charge on any atom is 0.0684 e. The van der Waals surface area contributed by atoms with E-state index in [1.54, 1.807) is 0 Å². The van der Waals surface area contributed by atoms with Gasteiger partial charge in [-0.1, -0.05) is 18.2 Å². The van der Waals surface area contributed by atoms with E-state index in [4.69, 9.17) is 0 Å². The van der Waals surface area contributed by atoms with Gasteiger partial charge in [0.05, 0.1) is 6.67 Å². The van der Waals surface area contributed by atoms with Gasteiger partial charge in [0.2, 0.25) is 0 Å². The van der Waals surface area contributed by atoms with Crippen LogP contribution in [0.3, 0.4) is 0 Å². The van der Waals surface area contributed by atoms with Crippen LogP contribution in [-0.2, 0) is 6.42 Å². The molecule has 0 unspecified atom stereocenters. The highest BCUT2D eigenvalue weighted by Crippen LogP contribution is 2.26. The van der Waals surface area contributed by atoms with Crippen LogP contribution in [0.25, 0.3) is 0 Å². The van der Waals surface area contributed by atoms with Crippen LogP contribution < -0.4 is 10.2 Å². The molecular weight excluding hydrogens is 172 g/mol. The first kappa shape index (κ1) is 9.53. The Hall–Kier alpha value is -1.02. The molecule has 2 nitrogen and oxygen atoms in total. The minimum Gasteiger partial charge on any atom is -0.358 e. The van der Waals surface area contributed by atoms with Crippen molar-refractivity contribution in [1.29, 1.82) is 0 Å². The van der Waals surface area contributed by atoms with Crippen LogP contribution in [0.2, 0.25) is 0 Å².